The van der Waals surface area contributed by atoms with Crippen molar-refractivity contribution in [3.05, 3.63) is 12.2 Å². The highest BCUT2D eigenvalue weighted by Crippen LogP contribution is 1.93. The van der Waals surface area contributed by atoms with Crippen LogP contribution in [0.5, 0.6) is 0 Å². The van der Waals surface area contributed by atoms with E-state index in [0.717, 1.165) is 0 Å². The first-order valence-electron chi connectivity index (χ1n) is 4.51. The van der Waals surface area contributed by atoms with Crippen LogP contribution < -0.4 is 5.73 Å². The van der Waals surface area contributed by atoms with Crippen LogP contribution in [-0.4, -0.2) is 50.3 Å². The minimum atomic E-state index is -1.26. The van der Waals surface area contributed by atoms with Gasteiger partial charge < -0.3 is 26.2 Å². The van der Waals surface area contributed by atoms with Crippen LogP contribution in [0.2, 0.25) is 0 Å². The van der Waals surface area contributed by atoms with Crippen LogP contribution in [-0.2, 0) is 19.2 Å². The number of aliphatic carboxylic acids is 4. The van der Waals surface area contributed by atoms with Crippen molar-refractivity contribution >= 4 is 36.3 Å². The summed E-state index contributed by atoms with van der Waals surface area (Å²) in [5.41, 5.74) is 5.00. The molecule has 0 rings (SSSR count). The molecule has 0 aromatic heterocycles. The van der Waals surface area contributed by atoms with E-state index in [1.54, 1.807) is 0 Å². The van der Waals surface area contributed by atoms with Gasteiger partial charge in [0.25, 0.3) is 0 Å². The van der Waals surface area contributed by atoms with Gasteiger partial charge in [0.15, 0.2) is 0 Å². The minimum Gasteiger partial charge on any atom is -0.481 e. The summed E-state index contributed by atoms with van der Waals surface area (Å²) >= 11 is 0. The van der Waals surface area contributed by atoms with Crippen molar-refractivity contribution in [3.63, 3.8) is 0 Å². The predicted molar refractivity (Wildman–Crippen MR) is 64.1 cm³/mol. The number of hydrogen-bond acceptors (Lipinski definition) is 5. The third-order valence-corrected chi connectivity index (χ3v) is 1.35. The SMILES string of the molecule is Cl.NC(CCC(=O)O)C(=O)O.O=C(O)/C=C/C(=O)O. The number of hydrogen-bond donors (Lipinski definition) is 5. The van der Waals surface area contributed by atoms with Gasteiger partial charge in [0.05, 0.1) is 0 Å². The van der Waals surface area contributed by atoms with Crippen LogP contribution in [0, 0.1) is 0 Å². The zero-order chi connectivity index (χ0) is 14.7. The largest absolute Gasteiger partial charge is 0.481 e. The summed E-state index contributed by atoms with van der Waals surface area (Å²) in [5.74, 6) is -4.71. The lowest BCUT2D eigenvalue weighted by Gasteiger charge is -2.01. The first kappa shape index (κ1) is 22.1. The molecular formula is C9H14ClNO8. The highest BCUT2D eigenvalue weighted by molar-refractivity contribution is 5.89. The molecule has 0 amide bonds. The molecule has 0 aromatic carbocycles. The molecule has 1 unspecified atom stereocenters. The van der Waals surface area contributed by atoms with E-state index >= 15 is 0 Å². The topological polar surface area (TPSA) is 175 Å². The van der Waals surface area contributed by atoms with Gasteiger partial charge in [0, 0.05) is 18.6 Å². The number of carbonyl (C=O) groups is 4. The fourth-order valence-electron chi connectivity index (χ4n) is 0.545. The summed E-state index contributed by atoms with van der Waals surface area (Å²) in [7, 11) is 0. The number of carboxylic acid groups (broad SMARTS) is 4. The molecular weight excluding hydrogens is 286 g/mol. The van der Waals surface area contributed by atoms with Crippen molar-refractivity contribution in [1.29, 1.82) is 0 Å². The number of nitrogens with two attached hydrogens (primary N) is 1. The van der Waals surface area contributed by atoms with E-state index in [1.807, 2.05) is 0 Å². The zero-order valence-corrected chi connectivity index (χ0v) is 10.4. The third kappa shape index (κ3) is 21.7. The van der Waals surface area contributed by atoms with E-state index in [0.29, 0.717) is 12.2 Å². The molecule has 0 saturated carbocycles. The summed E-state index contributed by atoms with van der Waals surface area (Å²) in [6.45, 7) is 0. The summed E-state index contributed by atoms with van der Waals surface area (Å²) in [4.78, 5) is 39.0. The monoisotopic (exact) mass is 299 g/mol. The first-order chi connectivity index (χ1) is 8.16. The van der Waals surface area contributed by atoms with Crippen LogP contribution in [0.25, 0.3) is 0 Å². The Morgan fingerprint density at radius 2 is 1.32 bits per heavy atom. The Morgan fingerprint density at radius 3 is 1.53 bits per heavy atom. The maximum atomic E-state index is 9.99. The van der Waals surface area contributed by atoms with E-state index in [2.05, 4.69) is 0 Å². The van der Waals surface area contributed by atoms with Gasteiger partial charge >= 0.3 is 23.9 Å². The maximum Gasteiger partial charge on any atom is 0.328 e. The lowest BCUT2D eigenvalue weighted by Crippen LogP contribution is -2.30. The fraction of sp³-hybridized carbons (Fsp3) is 0.333. The second-order valence-corrected chi connectivity index (χ2v) is 2.89. The van der Waals surface area contributed by atoms with Gasteiger partial charge in [-0.3, -0.25) is 9.59 Å². The lowest BCUT2D eigenvalue weighted by atomic mass is 10.2. The highest BCUT2D eigenvalue weighted by atomic mass is 35.5. The summed E-state index contributed by atoms with van der Waals surface area (Å²) < 4.78 is 0. The molecule has 0 spiro atoms. The van der Waals surface area contributed by atoms with Gasteiger partial charge in [-0.15, -0.1) is 12.4 Å². The van der Waals surface area contributed by atoms with Gasteiger partial charge in [0.1, 0.15) is 6.04 Å². The van der Waals surface area contributed by atoms with Crippen LogP contribution in [0.1, 0.15) is 12.8 Å². The lowest BCUT2D eigenvalue weighted by molar-refractivity contribution is -0.140. The fourth-order valence-corrected chi connectivity index (χ4v) is 0.545. The molecule has 9 nitrogen and oxygen atoms in total. The standard InChI is InChI=1S/C5H9NO4.C4H4O4.ClH/c6-3(5(9)10)1-2-4(7)8;5-3(6)1-2-4(7)8;/h3H,1-2,6H2,(H,7,8)(H,9,10);1-2H,(H,5,6)(H,7,8);1H/b;2-1+;. The summed E-state index contributed by atoms with van der Waals surface area (Å²) in [6.07, 6.45) is 0.892. The van der Waals surface area contributed by atoms with Crippen LogP contribution in [0.15, 0.2) is 12.2 Å². The van der Waals surface area contributed by atoms with Crippen molar-refractivity contribution in [2.75, 3.05) is 0 Å². The Morgan fingerprint density at radius 1 is 0.947 bits per heavy atom. The summed E-state index contributed by atoms with van der Waals surface area (Å²) in [5, 5.41) is 31.9. The van der Waals surface area contributed by atoms with Crippen LogP contribution >= 0.6 is 12.4 Å². The molecule has 0 aliphatic rings. The average molecular weight is 300 g/mol. The minimum absolute atomic E-state index is 0. The normalized spacial score (nSPS) is 10.6. The molecule has 6 N–H and O–H groups in total. The molecule has 10 heteroatoms. The molecule has 1 atom stereocenters. The number of halogens is 1. The Hall–Kier alpha value is -2.13. The van der Waals surface area contributed by atoms with E-state index in [4.69, 9.17) is 26.2 Å². The molecule has 0 fully saturated rings. The van der Waals surface area contributed by atoms with Crippen molar-refractivity contribution in [3.8, 4) is 0 Å². The molecule has 0 aliphatic carbocycles. The Kier molecular flexibility index (Phi) is 14.3. The number of rotatable bonds is 6. The molecule has 19 heavy (non-hydrogen) atoms. The van der Waals surface area contributed by atoms with Crippen LogP contribution in [0.3, 0.4) is 0 Å². The molecule has 0 aromatic rings. The maximum absolute atomic E-state index is 9.99. The van der Waals surface area contributed by atoms with E-state index < -0.39 is 29.9 Å². The van der Waals surface area contributed by atoms with Gasteiger partial charge in [-0.2, -0.15) is 0 Å². The average Bonchev–Trinajstić information content (AvgIpc) is 2.23. The molecule has 0 bridgehead atoms. The van der Waals surface area contributed by atoms with Crippen molar-refractivity contribution in [2.45, 2.75) is 18.9 Å². The second kappa shape index (κ2) is 12.3. The molecule has 0 heterocycles. The van der Waals surface area contributed by atoms with Crippen LogP contribution in [0.4, 0.5) is 0 Å². The predicted octanol–water partition coefficient (Wildman–Crippen LogP) is -0.603. The van der Waals surface area contributed by atoms with Crippen molar-refractivity contribution in [1.82, 2.24) is 0 Å². The first-order valence-corrected chi connectivity index (χ1v) is 4.51. The van der Waals surface area contributed by atoms with Gasteiger partial charge in [-0.05, 0) is 6.42 Å². The molecule has 0 radical (unpaired) electrons. The Balaban J connectivity index is -0.000000262. The molecule has 0 saturated heterocycles. The third-order valence-electron chi connectivity index (χ3n) is 1.35. The Labute approximate surface area is 113 Å². The zero-order valence-electron chi connectivity index (χ0n) is 9.55. The Bertz CT molecular complexity index is 338. The van der Waals surface area contributed by atoms with Crippen molar-refractivity contribution in [2.24, 2.45) is 5.73 Å². The number of carboxylic acids is 4. The quantitative estimate of drug-likeness (QED) is 0.401. The van der Waals surface area contributed by atoms with Gasteiger partial charge in [-0.1, -0.05) is 0 Å². The smallest absolute Gasteiger partial charge is 0.328 e. The van der Waals surface area contributed by atoms with E-state index in [1.165, 1.54) is 0 Å². The van der Waals surface area contributed by atoms with Gasteiger partial charge in [-0.25, -0.2) is 9.59 Å². The highest BCUT2D eigenvalue weighted by Gasteiger charge is 2.12. The second-order valence-electron chi connectivity index (χ2n) is 2.89. The van der Waals surface area contributed by atoms with E-state index in [9.17, 15) is 19.2 Å². The van der Waals surface area contributed by atoms with E-state index in [-0.39, 0.29) is 25.2 Å². The summed E-state index contributed by atoms with van der Waals surface area (Å²) in [6, 6.07) is -1.06. The van der Waals surface area contributed by atoms with Crippen molar-refractivity contribution < 1.29 is 39.6 Å². The molecule has 0 aliphatic heterocycles. The molecule has 110 valence electrons. The van der Waals surface area contributed by atoms with Gasteiger partial charge in [0.2, 0.25) is 0 Å².